The van der Waals surface area contributed by atoms with Crippen LogP contribution in [0.3, 0.4) is 0 Å². The first-order chi connectivity index (χ1) is 13.2. The highest BCUT2D eigenvalue weighted by atomic mass is 19.3. The summed E-state index contributed by atoms with van der Waals surface area (Å²) in [6.07, 6.45) is 0. The Labute approximate surface area is 164 Å². The summed E-state index contributed by atoms with van der Waals surface area (Å²) < 4.78 is 34.6. The summed E-state index contributed by atoms with van der Waals surface area (Å²) in [6, 6.07) is 13.8. The van der Waals surface area contributed by atoms with E-state index in [0.717, 1.165) is 5.56 Å². The lowest BCUT2D eigenvalue weighted by atomic mass is 9.82. The highest BCUT2D eigenvalue weighted by Gasteiger charge is 2.27. The molecule has 0 spiro atoms. The van der Waals surface area contributed by atoms with E-state index in [0.29, 0.717) is 5.56 Å². The van der Waals surface area contributed by atoms with Gasteiger partial charge in [0, 0.05) is 6.54 Å². The zero-order chi connectivity index (χ0) is 20.7. The maximum Gasteiger partial charge on any atom is 0.387 e. The lowest BCUT2D eigenvalue weighted by molar-refractivity contribution is -0.0512. The van der Waals surface area contributed by atoms with E-state index in [-0.39, 0.29) is 35.5 Å². The van der Waals surface area contributed by atoms with Crippen LogP contribution in [0.25, 0.3) is 0 Å². The molecule has 0 aromatic heterocycles. The van der Waals surface area contributed by atoms with Crippen LogP contribution in [0.15, 0.2) is 48.5 Å². The summed E-state index contributed by atoms with van der Waals surface area (Å²) in [5, 5.41) is 5.74. The van der Waals surface area contributed by atoms with Gasteiger partial charge in [-0.25, -0.2) is 4.79 Å². The van der Waals surface area contributed by atoms with Gasteiger partial charge in [0.15, 0.2) is 11.5 Å². The number of amides is 2. The third-order valence-corrected chi connectivity index (χ3v) is 4.17. The van der Waals surface area contributed by atoms with Gasteiger partial charge in [0.1, 0.15) is 0 Å². The molecule has 2 rings (SSSR count). The molecule has 7 heteroatoms. The van der Waals surface area contributed by atoms with Crippen molar-refractivity contribution >= 4 is 6.03 Å². The molecule has 2 amide bonds. The van der Waals surface area contributed by atoms with Gasteiger partial charge in [-0.05, 0) is 28.7 Å². The van der Waals surface area contributed by atoms with Crippen LogP contribution in [0, 0.1) is 5.41 Å². The average Bonchev–Trinajstić information content (AvgIpc) is 2.64. The number of carbonyl (C=O) groups is 1. The molecular formula is C21H26F2N2O3. The van der Waals surface area contributed by atoms with Gasteiger partial charge in [-0.2, -0.15) is 8.78 Å². The monoisotopic (exact) mass is 392 g/mol. The standard InChI is InChI=1S/C21H26F2N2O3/c1-21(2,3)18(15-8-6-5-7-9-15)25-20(26)24-13-14-10-11-16(27-4)17(12-14)28-19(22)23/h5-12,18-19H,13H2,1-4H3,(H2,24,25,26)/t18-/m0/s1. The molecule has 2 aromatic rings. The molecular weight excluding hydrogens is 366 g/mol. The van der Waals surface area contributed by atoms with E-state index < -0.39 is 6.61 Å². The average molecular weight is 392 g/mol. The minimum Gasteiger partial charge on any atom is -0.493 e. The first kappa shape index (κ1) is 21.5. The number of hydrogen-bond donors (Lipinski definition) is 2. The molecule has 2 aromatic carbocycles. The minimum atomic E-state index is -2.96. The molecule has 0 fully saturated rings. The summed E-state index contributed by atoms with van der Waals surface area (Å²) in [7, 11) is 1.37. The summed E-state index contributed by atoms with van der Waals surface area (Å²) in [6.45, 7) is 3.33. The third kappa shape index (κ3) is 6.11. The number of alkyl halides is 2. The predicted molar refractivity (Wildman–Crippen MR) is 104 cm³/mol. The minimum absolute atomic E-state index is 0.0749. The molecule has 28 heavy (non-hydrogen) atoms. The molecule has 0 heterocycles. The number of halogens is 2. The fourth-order valence-electron chi connectivity index (χ4n) is 2.83. The summed E-state index contributed by atoms with van der Waals surface area (Å²) in [5.74, 6) is 0.124. The van der Waals surface area contributed by atoms with Gasteiger partial charge >= 0.3 is 12.6 Å². The Balaban J connectivity index is 2.04. The zero-order valence-corrected chi connectivity index (χ0v) is 16.5. The Morgan fingerprint density at radius 1 is 1.07 bits per heavy atom. The first-order valence-electron chi connectivity index (χ1n) is 8.91. The van der Waals surface area contributed by atoms with Crippen LogP contribution in [-0.2, 0) is 6.54 Å². The van der Waals surface area contributed by atoms with Crippen LogP contribution in [0.5, 0.6) is 11.5 Å². The molecule has 0 radical (unpaired) electrons. The van der Waals surface area contributed by atoms with E-state index in [1.807, 2.05) is 51.1 Å². The molecule has 0 bridgehead atoms. The summed E-state index contributed by atoms with van der Waals surface area (Å²) in [5.41, 5.74) is 1.41. The second-order valence-corrected chi connectivity index (χ2v) is 7.40. The fourth-order valence-corrected chi connectivity index (χ4v) is 2.83. The Hall–Kier alpha value is -2.83. The maximum absolute atomic E-state index is 12.5. The Kier molecular flexibility index (Phi) is 7.20. The van der Waals surface area contributed by atoms with E-state index >= 15 is 0 Å². The van der Waals surface area contributed by atoms with Crippen LogP contribution in [-0.4, -0.2) is 19.8 Å². The number of nitrogens with one attached hydrogen (secondary N) is 2. The van der Waals surface area contributed by atoms with E-state index in [4.69, 9.17) is 4.74 Å². The Morgan fingerprint density at radius 3 is 2.32 bits per heavy atom. The Morgan fingerprint density at radius 2 is 1.75 bits per heavy atom. The Bertz CT molecular complexity index is 777. The van der Waals surface area contributed by atoms with Gasteiger partial charge < -0.3 is 20.1 Å². The number of urea groups is 1. The first-order valence-corrected chi connectivity index (χ1v) is 8.91. The fraction of sp³-hybridized carbons (Fsp3) is 0.381. The highest BCUT2D eigenvalue weighted by molar-refractivity contribution is 5.74. The van der Waals surface area contributed by atoms with Crippen LogP contribution >= 0.6 is 0 Å². The smallest absolute Gasteiger partial charge is 0.387 e. The number of hydrogen-bond acceptors (Lipinski definition) is 3. The number of benzene rings is 2. The molecule has 0 aliphatic heterocycles. The molecule has 5 nitrogen and oxygen atoms in total. The van der Waals surface area contributed by atoms with Crippen molar-refractivity contribution in [1.29, 1.82) is 0 Å². The van der Waals surface area contributed by atoms with Crippen LogP contribution < -0.4 is 20.1 Å². The van der Waals surface area contributed by atoms with Crippen molar-refractivity contribution in [2.24, 2.45) is 5.41 Å². The molecule has 0 aliphatic rings. The molecule has 2 N–H and O–H groups in total. The van der Waals surface area contributed by atoms with Crippen molar-refractivity contribution in [3.8, 4) is 11.5 Å². The highest BCUT2D eigenvalue weighted by Crippen LogP contribution is 2.32. The van der Waals surface area contributed by atoms with Gasteiger partial charge in [-0.15, -0.1) is 0 Å². The summed E-state index contributed by atoms with van der Waals surface area (Å²) >= 11 is 0. The molecule has 1 atom stereocenters. The second-order valence-electron chi connectivity index (χ2n) is 7.40. The third-order valence-electron chi connectivity index (χ3n) is 4.17. The number of carbonyl (C=O) groups excluding carboxylic acids is 1. The molecule has 0 unspecified atom stereocenters. The quantitative estimate of drug-likeness (QED) is 0.706. The molecule has 0 aliphatic carbocycles. The van der Waals surface area contributed by atoms with E-state index in [1.54, 1.807) is 6.07 Å². The lowest BCUT2D eigenvalue weighted by Gasteiger charge is -2.32. The maximum atomic E-state index is 12.5. The van der Waals surface area contributed by atoms with Crippen LogP contribution in [0.1, 0.15) is 37.9 Å². The van der Waals surface area contributed by atoms with Gasteiger partial charge in [0.25, 0.3) is 0 Å². The number of rotatable bonds is 7. The van der Waals surface area contributed by atoms with Crippen molar-refractivity contribution < 1.29 is 23.0 Å². The van der Waals surface area contributed by atoms with Gasteiger partial charge in [-0.3, -0.25) is 0 Å². The molecule has 152 valence electrons. The van der Waals surface area contributed by atoms with E-state index in [9.17, 15) is 13.6 Å². The van der Waals surface area contributed by atoms with Crippen LogP contribution in [0.2, 0.25) is 0 Å². The van der Waals surface area contributed by atoms with Gasteiger partial charge in [0.2, 0.25) is 0 Å². The van der Waals surface area contributed by atoms with Crippen molar-refractivity contribution in [1.82, 2.24) is 10.6 Å². The van der Waals surface area contributed by atoms with Gasteiger partial charge in [-0.1, -0.05) is 57.2 Å². The molecule has 0 saturated carbocycles. The van der Waals surface area contributed by atoms with Crippen molar-refractivity contribution in [3.63, 3.8) is 0 Å². The normalized spacial score (nSPS) is 12.4. The van der Waals surface area contributed by atoms with E-state index in [1.165, 1.54) is 19.2 Å². The second kappa shape index (κ2) is 9.39. The van der Waals surface area contributed by atoms with E-state index in [2.05, 4.69) is 15.4 Å². The molecule has 0 saturated heterocycles. The largest absolute Gasteiger partial charge is 0.493 e. The zero-order valence-electron chi connectivity index (χ0n) is 16.5. The lowest BCUT2D eigenvalue weighted by Crippen LogP contribution is -2.42. The van der Waals surface area contributed by atoms with Crippen LogP contribution in [0.4, 0.5) is 13.6 Å². The van der Waals surface area contributed by atoms with Gasteiger partial charge in [0.05, 0.1) is 13.2 Å². The van der Waals surface area contributed by atoms with Crippen molar-refractivity contribution in [2.75, 3.05) is 7.11 Å². The number of ether oxygens (including phenoxy) is 2. The SMILES string of the molecule is COc1ccc(CNC(=O)N[C@@H](c2ccccc2)C(C)(C)C)cc1OC(F)F. The topological polar surface area (TPSA) is 59.6 Å². The summed E-state index contributed by atoms with van der Waals surface area (Å²) in [4.78, 5) is 12.4. The van der Waals surface area contributed by atoms with Crippen molar-refractivity contribution in [3.05, 3.63) is 59.7 Å². The number of methoxy groups -OCH3 is 1. The predicted octanol–water partition coefficient (Wildman–Crippen LogP) is 4.88. The van der Waals surface area contributed by atoms with Crippen molar-refractivity contribution in [2.45, 2.75) is 40.0 Å².